The quantitative estimate of drug-likeness (QED) is 0.125. The van der Waals surface area contributed by atoms with E-state index in [9.17, 15) is 0 Å². The smallest absolute Gasteiger partial charge is 0.500 e. The number of rotatable bonds is 24. The highest BCUT2D eigenvalue weighted by atomic mass is 32.1. The minimum atomic E-state index is -3.13. The molecule has 1 saturated heterocycles. The van der Waals surface area contributed by atoms with Crippen molar-refractivity contribution in [3.8, 4) is 0 Å². The Balaban J connectivity index is 0. The highest BCUT2D eigenvalue weighted by molar-refractivity contribution is 7.37. The lowest BCUT2D eigenvalue weighted by atomic mass is 10.9. The van der Waals surface area contributed by atoms with Crippen molar-refractivity contribution in [2.24, 2.45) is 0 Å². The molecule has 0 atom stereocenters. The first-order valence-electron chi connectivity index (χ1n) is 16.8. The summed E-state index contributed by atoms with van der Waals surface area (Å²) in [7, 11) is -4.04. The van der Waals surface area contributed by atoms with E-state index in [2.05, 4.69) is 26.2 Å². The van der Waals surface area contributed by atoms with Gasteiger partial charge in [0.2, 0.25) is 0 Å². The third-order valence-electron chi connectivity index (χ3n) is 9.00. The van der Waals surface area contributed by atoms with Gasteiger partial charge in [0.25, 0.3) is 0 Å². The molecule has 0 aromatic heterocycles. The van der Waals surface area contributed by atoms with Gasteiger partial charge < -0.3 is 83.1 Å². The molecule has 50 heavy (non-hydrogen) atoms. The van der Waals surface area contributed by atoms with E-state index in [1.54, 1.807) is 85.3 Å². The van der Waals surface area contributed by atoms with Crippen LogP contribution in [0.1, 0.15) is 8.77 Å². The van der Waals surface area contributed by atoms with Crippen molar-refractivity contribution in [2.45, 2.75) is 81.9 Å². The van der Waals surface area contributed by atoms with Crippen molar-refractivity contribution < 1.29 is 70.9 Å². The molecular formula is C25H68O16SSi8-2. The minimum Gasteiger partial charge on any atom is -2.00 e. The maximum atomic E-state index is 7.31. The lowest BCUT2D eigenvalue weighted by molar-refractivity contribution is 0.122. The molecule has 25 heteroatoms. The van der Waals surface area contributed by atoms with Crippen LogP contribution in [0.3, 0.4) is 0 Å². The molecule has 304 valence electrons. The topological polar surface area (TPSA) is 148 Å². The predicted molar refractivity (Wildman–Crippen MR) is 210 cm³/mol. The van der Waals surface area contributed by atoms with Gasteiger partial charge in [0.05, 0.1) is 0 Å². The van der Waals surface area contributed by atoms with Crippen LogP contribution in [0.5, 0.6) is 0 Å². The van der Waals surface area contributed by atoms with E-state index >= 15 is 0 Å². The zero-order valence-corrected chi connectivity index (χ0v) is 42.4. The fourth-order valence-corrected chi connectivity index (χ4v) is 42.7. The van der Waals surface area contributed by atoms with Gasteiger partial charge in [0.15, 0.2) is 0 Å². The van der Waals surface area contributed by atoms with Crippen LogP contribution in [0, 0.1) is 0 Å². The summed E-state index contributed by atoms with van der Waals surface area (Å²) in [5.74, 6) is 0. The zero-order valence-electron chi connectivity index (χ0n) is 34.6. The maximum Gasteiger partial charge on any atom is 0.500 e. The molecular weight excluding hydrogens is 813 g/mol. The first kappa shape index (κ1) is 51.4. The molecule has 0 aromatic rings. The molecule has 1 fully saturated rings. The predicted octanol–water partition coefficient (Wildman–Crippen LogP) is 4.50. The Labute approximate surface area is 319 Å². The Hall–Kier alpha value is 1.45. The van der Waals surface area contributed by atoms with Crippen molar-refractivity contribution in [1.29, 1.82) is 0 Å². The normalized spacial score (nSPS) is 27.0. The Morgan fingerprint density at radius 1 is 0.360 bits per heavy atom. The highest BCUT2D eigenvalue weighted by Crippen LogP contribution is 2.42. The molecule has 0 radical (unpaired) electrons. The minimum absolute atomic E-state index is 0. The molecule has 0 bridgehead atoms. The molecule has 0 aliphatic carbocycles. The van der Waals surface area contributed by atoms with E-state index in [1.807, 2.05) is 0 Å². The van der Waals surface area contributed by atoms with E-state index in [1.165, 1.54) is 7.40 Å². The van der Waals surface area contributed by atoms with Gasteiger partial charge in [-0.3, -0.25) is 0 Å². The summed E-state index contributed by atoms with van der Waals surface area (Å²) in [5, 5.41) is 0. The summed E-state index contributed by atoms with van der Waals surface area (Å²) < 4.78 is 104. The van der Waals surface area contributed by atoms with Crippen molar-refractivity contribution in [3.63, 3.8) is 0 Å². The van der Waals surface area contributed by atoms with Gasteiger partial charge in [0.1, 0.15) is 0 Å². The number of hydrogen-bond donors (Lipinski definition) is 0. The lowest BCUT2D eigenvalue weighted by Crippen LogP contribution is -2.68. The van der Waals surface area contributed by atoms with Gasteiger partial charge in [-0.1, -0.05) is 7.40 Å². The molecule has 0 aromatic carbocycles. The largest absolute Gasteiger partial charge is 2.00 e. The van der Waals surface area contributed by atoms with E-state index in [0.717, 1.165) is 0 Å². The van der Waals surface area contributed by atoms with Crippen LogP contribution in [0.15, 0.2) is 0 Å². The summed E-state index contributed by atoms with van der Waals surface area (Å²) in [6.07, 6.45) is 0. The average Bonchev–Trinajstić information content (AvgIpc) is 3.12. The van der Waals surface area contributed by atoms with Crippen LogP contribution in [-0.4, -0.2) is 155 Å². The Morgan fingerprint density at radius 3 is 0.580 bits per heavy atom. The monoisotopic (exact) mass is 882 g/mol. The summed E-state index contributed by atoms with van der Waals surface area (Å²) in [4.78, 5) is 0. The first-order valence-corrected chi connectivity index (χ1v) is 33.6. The van der Waals surface area contributed by atoms with Crippen LogP contribution in [0.4, 0.5) is 0 Å². The van der Waals surface area contributed by atoms with Gasteiger partial charge in [-0.05, 0) is 50.4 Å². The zero-order chi connectivity index (χ0) is 39.0. The first-order chi connectivity index (χ1) is 23.4. The van der Waals surface area contributed by atoms with Gasteiger partial charge in [-0.25, -0.2) is 0 Å². The summed E-state index contributed by atoms with van der Waals surface area (Å²) in [5.41, 5.74) is 0. The Morgan fingerprint density at radius 2 is 0.480 bits per heavy atom. The summed E-state index contributed by atoms with van der Waals surface area (Å²) in [6.45, 7) is 8.22. The molecule has 1 aliphatic rings. The van der Waals surface area contributed by atoms with Crippen LogP contribution in [-0.2, 0) is 83.1 Å². The molecule has 1 heterocycles. The molecule has 16 nitrogen and oxygen atoms in total. The summed E-state index contributed by atoms with van der Waals surface area (Å²) in [6, 6.07) is 3.97. The van der Waals surface area contributed by atoms with Crippen molar-refractivity contribution in [1.82, 2.24) is 0 Å². The lowest BCUT2D eigenvalue weighted by Gasteiger charge is -2.51. The molecule has 1 rings (SSSR count). The Bertz CT molecular complexity index is 757. The Kier molecular flexibility index (Phi) is 23.5. The van der Waals surface area contributed by atoms with Crippen molar-refractivity contribution in [3.05, 3.63) is 0 Å². The van der Waals surface area contributed by atoms with E-state index in [0.29, 0.717) is 48.4 Å². The van der Waals surface area contributed by atoms with Crippen molar-refractivity contribution >= 4 is 83.0 Å². The molecule has 1 aliphatic heterocycles. The SMILES string of the molecule is CO[Si](CC[Si]1(C)O[Si](C)(CC[Si](OC)(OC)OC)O[Si](C)(CC[Si](OC)(OC)OC)O[Si](C)(CC[Si](OC)(OC)OC)O1)(OC)OC.[3H]C.[S-2]. The second-order valence-electron chi connectivity index (χ2n) is 12.1. The van der Waals surface area contributed by atoms with Gasteiger partial charge >= 0.3 is 69.5 Å². The maximum absolute atomic E-state index is 7.31. The van der Waals surface area contributed by atoms with Gasteiger partial charge in [-0.15, -0.1) is 0 Å². The van der Waals surface area contributed by atoms with E-state index in [4.69, 9.17) is 70.9 Å². The molecule has 0 saturated carbocycles. The van der Waals surface area contributed by atoms with Crippen LogP contribution >= 0.6 is 0 Å². The molecule has 0 amide bonds. The third-order valence-corrected chi connectivity index (χ3v) is 40.4. The molecule has 0 N–H and O–H groups in total. The third kappa shape index (κ3) is 14.5. The fraction of sp³-hybridized carbons (Fsp3) is 1.00. The second-order valence-corrected chi connectivity index (χ2v) is 38.8. The molecule has 0 spiro atoms. The van der Waals surface area contributed by atoms with Gasteiger partial charge in [0, 0.05) is 111 Å². The molecule has 0 unspecified atom stereocenters. The standard InChI is InChI=1S/C24H64O16Si8.CH4.S/c1-25-45(26-2,27-3)21-17-41(13)37-42(14,18-22-46(28-4,29-5)30-6)39-44(16,20-24-48(34-10,35-11)36-12)40-43(15,38-41)19-23-47(31-7,32-8)33-9;;/h17-24H2,1-16H3;1H4;/q;;-2/i;1T;. The average molecular weight is 884 g/mol. The summed E-state index contributed by atoms with van der Waals surface area (Å²) >= 11 is 0. The number of hydrogen-bond acceptors (Lipinski definition) is 16. The van der Waals surface area contributed by atoms with E-state index in [-0.39, 0.29) is 13.5 Å². The second kappa shape index (κ2) is 22.9. The fourth-order valence-electron chi connectivity index (χ4n) is 6.06. The van der Waals surface area contributed by atoms with Crippen LogP contribution in [0.25, 0.3) is 0 Å². The van der Waals surface area contributed by atoms with Crippen molar-refractivity contribution in [2.75, 3.05) is 85.3 Å². The van der Waals surface area contributed by atoms with Crippen LogP contribution < -0.4 is 0 Å². The van der Waals surface area contributed by atoms with Crippen LogP contribution in [0.2, 0.25) is 74.5 Å². The van der Waals surface area contributed by atoms with Gasteiger partial charge in [-0.2, -0.15) is 0 Å². The van der Waals surface area contributed by atoms with E-state index < -0.39 is 69.5 Å². The highest BCUT2D eigenvalue weighted by Gasteiger charge is 2.60.